The standard InChI is InChI=1S/C19H22N2O4S/c1-12-5-6-14(10-13(12)2)17(19(24)25)21-16(22)4-3-8-20-18(23)15-7-9-26-11-15/h5-7,9-11,17H,3-4,8H2,1-2H3,(H,20,23)(H,21,22)(H,24,25). The molecule has 3 N–H and O–H groups in total. The van der Waals surface area contributed by atoms with Gasteiger partial charge < -0.3 is 15.7 Å². The first-order valence-corrected chi connectivity index (χ1v) is 9.22. The van der Waals surface area contributed by atoms with Crippen molar-refractivity contribution >= 4 is 29.1 Å². The Hall–Kier alpha value is -2.67. The molecule has 6 nitrogen and oxygen atoms in total. The molecule has 0 aliphatic carbocycles. The first kappa shape index (κ1) is 19.7. The van der Waals surface area contributed by atoms with Crippen molar-refractivity contribution < 1.29 is 19.5 Å². The van der Waals surface area contributed by atoms with Crippen molar-refractivity contribution in [2.75, 3.05) is 6.54 Å². The fourth-order valence-corrected chi connectivity index (χ4v) is 3.05. The van der Waals surface area contributed by atoms with Gasteiger partial charge in [0.25, 0.3) is 5.91 Å². The van der Waals surface area contributed by atoms with Crippen molar-refractivity contribution in [2.24, 2.45) is 0 Å². The minimum atomic E-state index is -1.10. The highest BCUT2D eigenvalue weighted by Crippen LogP contribution is 2.18. The second-order valence-electron chi connectivity index (χ2n) is 6.05. The maximum atomic E-state index is 12.1. The summed E-state index contributed by atoms with van der Waals surface area (Å²) in [5.41, 5.74) is 3.17. The number of carbonyl (C=O) groups is 3. The van der Waals surface area contributed by atoms with Gasteiger partial charge in [0.2, 0.25) is 5.91 Å². The van der Waals surface area contributed by atoms with E-state index in [1.165, 1.54) is 11.3 Å². The number of hydrogen-bond donors (Lipinski definition) is 3. The van der Waals surface area contributed by atoms with Gasteiger partial charge in [-0.1, -0.05) is 18.2 Å². The molecule has 0 radical (unpaired) electrons. The molecule has 1 aromatic heterocycles. The molecule has 0 spiro atoms. The van der Waals surface area contributed by atoms with Gasteiger partial charge in [-0.05, 0) is 48.4 Å². The summed E-state index contributed by atoms with van der Waals surface area (Å²) in [6.07, 6.45) is 0.569. The smallest absolute Gasteiger partial charge is 0.330 e. The Bertz CT molecular complexity index is 787. The van der Waals surface area contributed by atoms with Crippen LogP contribution in [-0.4, -0.2) is 29.4 Å². The Kier molecular flexibility index (Phi) is 6.91. The van der Waals surface area contributed by atoms with E-state index in [4.69, 9.17) is 0 Å². The molecule has 7 heteroatoms. The van der Waals surface area contributed by atoms with Gasteiger partial charge in [-0.2, -0.15) is 11.3 Å². The molecule has 0 aliphatic heterocycles. The molecule has 0 saturated heterocycles. The van der Waals surface area contributed by atoms with Gasteiger partial charge in [0, 0.05) is 23.9 Å². The topological polar surface area (TPSA) is 95.5 Å². The van der Waals surface area contributed by atoms with Gasteiger partial charge in [-0.25, -0.2) is 4.79 Å². The molecule has 1 unspecified atom stereocenters. The zero-order valence-corrected chi connectivity index (χ0v) is 15.6. The Labute approximate surface area is 156 Å². The Morgan fingerprint density at radius 2 is 1.92 bits per heavy atom. The van der Waals surface area contributed by atoms with E-state index < -0.39 is 12.0 Å². The first-order valence-electron chi connectivity index (χ1n) is 8.28. The number of carboxylic acids is 1. The summed E-state index contributed by atoms with van der Waals surface area (Å²) < 4.78 is 0. The average Bonchev–Trinajstić information content (AvgIpc) is 3.13. The fraction of sp³-hybridized carbons (Fsp3) is 0.316. The summed E-state index contributed by atoms with van der Waals surface area (Å²) in [7, 11) is 0. The number of aryl methyl sites for hydroxylation is 2. The van der Waals surface area contributed by atoms with Crippen LogP contribution in [-0.2, 0) is 9.59 Å². The van der Waals surface area contributed by atoms with Crippen LogP contribution in [0.5, 0.6) is 0 Å². The van der Waals surface area contributed by atoms with E-state index in [2.05, 4.69) is 10.6 Å². The van der Waals surface area contributed by atoms with Crippen LogP contribution >= 0.6 is 11.3 Å². The van der Waals surface area contributed by atoms with Gasteiger partial charge >= 0.3 is 5.97 Å². The predicted molar refractivity (Wildman–Crippen MR) is 100 cm³/mol. The number of rotatable bonds is 8. The van der Waals surface area contributed by atoms with Crippen LogP contribution < -0.4 is 10.6 Å². The number of nitrogens with one attached hydrogen (secondary N) is 2. The van der Waals surface area contributed by atoms with E-state index in [0.29, 0.717) is 24.1 Å². The SMILES string of the molecule is Cc1ccc(C(NC(=O)CCCNC(=O)c2ccsc2)C(=O)O)cc1C. The molecule has 1 atom stereocenters. The first-order chi connectivity index (χ1) is 12.4. The summed E-state index contributed by atoms with van der Waals surface area (Å²) >= 11 is 1.44. The second-order valence-corrected chi connectivity index (χ2v) is 6.83. The number of amides is 2. The van der Waals surface area contributed by atoms with Crippen LogP contribution in [0.3, 0.4) is 0 Å². The highest BCUT2D eigenvalue weighted by atomic mass is 32.1. The van der Waals surface area contributed by atoms with Crippen LogP contribution in [0.15, 0.2) is 35.0 Å². The molecular weight excluding hydrogens is 352 g/mol. The largest absolute Gasteiger partial charge is 0.479 e. The lowest BCUT2D eigenvalue weighted by Crippen LogP contribution is -2.34. The zero-order valence-electron chi connectivity index (χ0n) is 14.7. The minimum absolute atomic E-state index is 0.137. The number of aliphatic carboxylic acids is 1. The average molecular weight is 374 g/mol. The molecule has 2 rings (SSSR count). The van der Waals surface area contributed by atoms with Gasteiger partial charge in [-0.3, -0.25) is 9.59 Å². The molecular formula is C19H22N2O4S. The maximum absolute atomic E-state index is 12.1. The van der Waals surface area contributed by atoms with Crippen molar-refractivity contribution in [3.8, 4) is 0 Å². The predicted octanol–water partition coefficient (Wildman–Crippen LogP) is 2.82. The lowest BCUT2D eigenvalue weighted by Gasteiger charge is -2.16. The van der Waals surface area contributed by atoms with E-state index >= 15 is 0 Å². The summed E-state index contributed by atoms with van der Waals surface area (Å²) in [5.74, 6) is -1.64. The Balaban J connectivity index is 1.83. The quantitative estimate of drug-likeness (QED) is 0.619. The monoisotopic (exact) mass is 374 g/mol. The lowest BCUT2D eigenvalue weighted by atomic mass is 10.0. The van der Waals surface area contributed by atoms with Crippen LogP contribution in [0, 0.1) is 13.8 Å². The highest BCUT2D eigenvalue weighted by Gasteiger charge is 2.22. The molecule has 0 fully saturated rings. The number of carboxylic acid groups (broad SMARTS) is 1. The fourth-order valence-electron chi connectivity index (χ4n) is 2.41. The number of hydrogen-bond acceptors (Lipinski definition) is 4. The van der Waals surface area contributed by atoms with E-state index in [1.54, 1.807) is 23.6 Å². The molecule has 0 saturated carbocycles. The van der Waals surface area contributed by atoms with Crippen molar-refractivity contribution in [3.63, 3.8) is 0 Å². The molecule has 26 heavy (non-hydrogen) atoms. The van der Waals surface area contributed by atoms with E-state index in [-0.39, 0.29) is 18.2 Å². The molecule has 2 amide bonds. The van der Waals surface area contributed by atoms with Gasteiger partial charge in [0.05, 0.1) is 0 Å². The number of benzene rings is 1. The molecule has 1 heterocycles. The van der Waals surface area contributed by atoms with Crippen molar-refractivity contribution in [2.45, 2.75) is 32.7 Å². The lowest BCUT2D eigenvalue weighted by molar-refractivity contribution is -0.142. The van der Waals surface area contributed by atoms with Crippen LogP contribution in [0.4, 0.5) is 0 Å². The molecule has 0 bridgehead atoms. The molecule has 2 aromatic rings. The number of thiophene rings is 1. The summed E-state index contributed by atoms with van der Waals surface area (Å²) in [4.78, 5) is 35.4. The highest BCUT2D eigenvalue weighted by molar-refractivity contribution is 7.08. The van der Waals surface area contributed by atoms with Crippen LogP contribution in [0.25, 0.3) is 0 Å². The Morgan fingerprint density at radius 1 is 1.15 bits per heavy atom. The van der Waals surface area contributed by atoms with Crippen molar-refractivity contribution in [3.05, 3.63) is 57.3 Å². The summed E-state index contributed by atoms with van der Waals surface area (Å²) in [6, 6.07) is 5.97. The third kappa shape index (κ3) is 5.42. The van der Waals surface area contributed by atoms with Gasteiger partial charge in [-0.15, -0.1) is 0 Å². The molecule has 1 aromatic carbocycles. The Morgan fingerprint density at radius 3 is 2.54 bits per heavy atom. The summed E-state index contributed by atoms with van der Waals surface area (Å²) in [6.45, 7) is 4.19. The van der Waals surface area contributed by atoms with Crippen molar-refractivity contribution in [1.29, 1.82) is 0 Å². The van der Waals surface area contributed by atoms with Crippen molar-refractivity contribution in [1.82, 2.24) is 10.6 Å². The maximum Gasteiger partial charge on any atom is 0.330 e. The van der Waals surface area contributed by atoms with E-state index in [9.17, 15) is 19.5 Å². The third-order valence-corrected chi connectivity index (χ3v) is 4.75. The van der Waals surface area contributed by atoms with Gasteiger partial charge in [0.15, 0.2) is 6.04 Å². The second kappa shape index (κ2) is 9.15. The van der Waals surface area contributed by atoms with Gasteiger partial charge in [0.1, 0.15) is 0 Å². The van der Waals surface area contributed by atoms with Crippen LogP contribution in [0.2, 0.25) is 0 Å². The van der Waals surface area contributed by atoms with Crippen LogP contribution in [0.1, 0.15) is 45.9 Å². The zero-order chi connectivity index (χ0) is 19.1. The molecule has 0 aliphatic rings. The van der Waals surface area contributed by atoms with E-state index in [0.717, 1.165) is 11.1 Å². The minimum Gasteiger partial charge on any atom is -0.479 e. The normalized spacial score (nSPS) is 11.6. The van der Waals surface area contributed by atoms with E-state index in [1.807, 2.05) is 25.3 Å². The summed E-state index contributed by atoms with van der Waals surface area (Å²) in [5, 5.41) is 18.3. The molecule has 138 valence electrons. The number of carbonyl (C=O) groups excluding carboxylic acids is 2. The third-order valence-electron chi connectivity index (χ3n) is 4.07.